The van der Waals surface area contributed by atoms with Crippen LogP contribution in [-0.4, -0.2) is 76.6 Å². The van der Waals surface area contributed by atoms with E-state index in [2.05, 4.69) is 40.8 Å². The van der Waals surface area contributed by atoms with Crippen molar-refractivity contribution in [3.05, 3.63) is 70.8 Å². The van der Waals surface area contributed by atoms with Gasteiger partial charge in [0.05, 0.1) is 43.4 Å². The molecule has 1 fully saturated rings. The van der Waals surface area contributed by atoms with Crippen LogP contribution in [-0.2, 0) is 20.8 Å². The van der Waals surface area contributed by atoms with Crippen LogP contribution in [0.4, 0.5) is 11.4 Å². The third kappa shape index (κ3) is 10.2. The molecule has 268 valence electrons. The molecule has 1 saturated heterocycles. The molecular formula is C37H53N5O6S. The van der Waals surface area contributed by atoms with E-state index in [4.69, 9.17) is 35.3 Å². The van der Waals surface area contributed by atoms with Crippen LogP contribution in [0.15, 0.2) is 53.4 Å². The quantitative estimate of drug-likeness (QED) is 0.0480. The van der Waals surface area contributed by atoms with Crippen molar-refractivity contribution in [3.8, 4) is 17.2 Å². The lowest BCUT2D eigenvalue weighted by Crippen LogP contribution is -2.33. The highest BCUT2D eigenvalue weighted by atomic mass is 32.2. The van der Waals surface area contributed by atoms with Crippen molar-refractivity contribution in [2.24, 2.45) is 5.84 Å². The van der Waals surface area contributed by atoms with Crippen molar-refractivity contribution >= 4 is 29.3 Å². The summed E-state index contributed by atoms with van der Waals surface area (Å²) in [5.41, 5.74) is 11.7. The van der Waals surface area contributed by atoms with E-state index < -0.39 is 0 Å². The average molecular weight is 696 g/mol. The summed E-state index contributed by atoms with van der Waals surface area (Å²) in [5.74, 6) is 7.58. The second-order valence-corrected chi connectivity index (χ2v) is 13.2. The van der Waals surface area contributed by atoms with Gasteiger partial charge in [-0.05, 0) is 98.2 Å². The first-order valence-electron chi connectivity index (χ1n) is 16.6. The smallest absolute Gasteiger partial charge is 0.306 e. The molecule has 2 aliphatic rings. The van der Waals surface area contributed by atoms with Gasteiger partial charge in [-0.15, -0.1) is 0 Å². The highest BCUT2D eigenvalue weighted by molar-refractivity contribution is 7.97. The minimum atomic E-state index is -0.305. The largest absolute Gasteiger partial charge is 0.494 e. The number of fused-ring (bicyclic) bond motifs is 1. The molecule has 0 radical (unpaired) electrons. The molecule has 2 aliphatic heterocycles. The van der Waals surface area contributed by atoms with E-state index >= 15 is 0 Å². The van der Waals surface area contributed by atoms with Crippen molar-refractivity contribution in [2.75, 3.05) is 71.0 Å². The zero-order chi connectivity index (χ0) is 34.0. The number of hydrazine groups is 1. The number of rotatable bonds is 14. The summed E-state index contributed by atoms with van der Waals surface area (Å²) in [6.45, 7) is 9.29. The number of piperidine rings is 1. The molecule has 1 unspecified atom stereocenters. The van der Waals surface area contributed by atoms with Crippen molar-refractivity contribution in [2.45, 2.75) is 64.0 Å². The monoisotopic (exact) mass is 695 g/mol. The second kappa shape index (κ2) is 18.4. The molecular weight excluding hydrogens is 643 g/mol. The van der Waals surface area contributed by atoms with E-state index in [1.807, 2.05) is 31.2 Å². The number of methoxy groups -OCH3 is 1. The lowest BCUT2D eigenvalue weighted by atomic mass is 9.86. The molecule has 3 aromatic rings. The fourth-order valence-corrected chi connectivity index (χ4v) is 7.11. The average Bonchev–Trinajstić information content (AvgIpc) is 3.28. The van der Waals surface area contributed by atoms with E-state index in [9.17, 15) is 4.79 Å². The van der Waals surface area contributed by atoms with Gasteiger partial charge in [-0.2, -0.15) is 0 Å². The molecule has 0 amide bonds. The van der Waals surface area contributed by atoms with Gasteiger partial charge in [0.1, 0.15) is 36.1 Å². The van der Waals surface area contributed by atoms with E-state index in [1.54, 1.807) is 26.1 Å². The highest BCUT2D eigenvalue weighted by Gasteiger charge is 2.25. The first-order chi connectivity index (χ1) is 23.2. The van der Waals surface area contributed by atoms with Gasteiger partial charge >= 0.3 is 5.97 Å². The van der Waals surface area contributed by atoms with Gasteiger partial charge in [0.25, 0.3) is 0 Å². The predicted molar refractivity (Wildman–Crippen MR) is 197 cm³/mol. The van der Waals surface area contributed by atoms with E-state index in [-0.39, 0.29) is 25.7 Å². The van der Waals surface area contributed by atoms with Crippen LogP contribution < -0.4 is 36.1 Å². The number of hydrogen-bond acceptors (Lipinski definition) is 12. The van der Waals surface area contributed by atoms with E-state index in [0.29, 0.717) is 56.2 Å². The molecule has 0 aromatic heterocycles. The number of hydrogen-bond donors (Lipinski definition) is 3. The van der Waals surface area contributed by atoms with Crippen molar-refractivity contribution in [1.82, 2.24) is 9.62 Å². The number of nitrogens with two attached hydrogens (primary N) is 2. The number of nitrogens with zero attached hydrogens (tertiary/aromatic N) is 2. The molecule has 2 heterocycles. The molecule has 0 saturated carbocycles. The Kier molecular flexibility index (Phi) is 14.3. The SMILES string of the molecule is C.CCOC(=O)CC(c1ccc(C)c(CN2CCOc3cc(OCCOC4CCNCC4)ccc3S2)c1)c1cc(N)c(N(C)N)c(OC)c1. The number of esters is 1. The van der Waals surface area contributed by atoms with Gasteiger partial charge in [-0.1, -0.05) is 25.6 Å². The van der Waals surface area contributed by atoms with Crippen LogP contribution in [0.2, 0.25) is 0 Å². The Hall–Kier alpha value is -3.68. The van der Waals surface area contributed by atoms with Gasteiger partial charge in [-0.25, -0.2) is 10.1 Å². The summed E-state index contributed by atoms with van der Waals surface area (Å²) in [7, 11) is 3.29. The van der Waals surface area contributed by atoms with E-state index in [1.165, 1.54) is 5.01 Å². The fourth-order valence-electron chi connectivity index (χ4n) is 6.13. The molecule has 5 rings (SSSR count). The first-order valence-corrected chi connectivity index (χ1v) is 17.4. The van der Waals surface area contributed by atoms with E-state index in [0.717, 1.165) is 71.1 Å². The van der Waals surface area contributed by atoms with Gasteiger partial charge in [0, 0.05) is 32.1 Å². The Labute approximate surface area is 295 Å². The molecule has 5 N–H and O–H groups in total. The maximum Gasteiger partial charge on any atom is 0.306 e. The van der Waals surface area contributed by atoms with Gasteiger partial charge in [0.2, 0.25) is 0 Å². The number of benzene rings is 3. The van der Waals surface area contributed by atoms with Gasteiger partial charge < -0.3 is 39.7 Å². The Morgan fingerprint density at radius 3 is 2.65 bits per heavy atom. The topological polar surface area (TPSA) is 134 Å². The number of aryl methyl sites for hydroxylation is 1. The van der Waals surface area contributed by atoms with Crippen LogP contribution in [0, 0.1) is 6.92 Å². The summed E-state index contributed by atoms with van der Waals surface area (Å²) in [4.78, 5) is 13.9. The molecule has 0 spiro atoms. The van der Waals surface area contributed by atoms with Crippen LogP contribution >= 0.6 is 11.9 Å². The zero-order valence-electron chi connectivity index (χ0n) is 28.5. The first kappa shape index (κ1) is 38.1. The van der Waals surface area contributed by atoms with Crippen LogP contribution in [0.3, 0.4) is 0 Å². The Morgan fingerprint density at radius 2 is 1.92 bits per heavy atom. The lowest BCUT2D eigenvalue weighted by molar-refractivity contribution is -0.143. The molecule has 1 atom stereocenters. The zero-order valence-corrected chi connectivity index (χ0v) is 29.3. The van der Waals surface area contributed by atoms with Crippen molar-refractivity contribution < 1.29 is 28.5 Å². The number of nitrogen functional groups attached to an aromatic ring is 1. The van der Waals surface area contributed by atoms with Gasteiger partial charge in [-0.3, -0.25) is 4.79 Å². The van der Waals surface area contributed by atoms with Crippen LogP contribution in [0.25, 0.3) is 0 Å². The minimum Gasteiger partial charge on any atom is -0.494 e. The van der Waals surface area contributed by atoms with Crippen LogP contribution in [0.1, 0.15) is 61.8 Å². The number of carbonyl (C=O) groups is 1. The normalized spacial score (nSPS) is 15.6. The second-order valence-electron chi connectivity index (χ2n) is 12.1. The maximum absolute atomic E-state index is 12.8. The molecule has 49 heavy (non-hydrogen) atoms. The maximum atomic E-state index is 12.8. The molecule has 12 heteroatoms. The number of carbonyl (C=O) groups excluding carboxylic acids is 1. The third-order valence-electron chi connectivity index (χ3n) is 8.63. The molecule has 0 aliphatic carbocycles. The van der Waals surface area contributed by atoms with Crippen LogP contribution in [0.5, 0.6) is 17.2 Å². The standard InChI is InChI=1S/C36H49N5O6S.CH4/c1-5-44-35(42)22-30(26-19-31(37)36(40(3)38)33(20-26)43-4)25-7-6-24(2)27(18-25)23-41-14-15-47-32-21-29(8-9-34(32)48-41)46-17-16-45-28-10-12-39-13-11-28;/h6-9,18-21,28,30,39H,5,10-17,22-23,37-38H2,1-4H3;1H4. The fraction of sp³-hybridized carbons (Fsp3) is 0.486. The summed E-state index contributed by atoms with van der Waals surface area (Å²) in [6, 6.07) is 16.1. The summed E-state index contributed by atoms with van der Waals surface area (Å²) >= 11 is 1.67. The lowest BCUT2D eigenvalue weighted by Gasteiger charge is -2.24. The molecule has 3 aromatic carbocycles. The number of ether oxygens (including phenoxy) is 5. The molecule has 0 bridgehead atoms. The Balaban J connectivity index is 0.00000541. The van der Waals surface area contributed by atoms with Crippen molar-refractivity contribution in [3.63, 3.8) is 0 Å². The Bertz CT molecular complexity index is 1530. The highest BCUT2D eigenvalue weighted by Crippen LogP contribution is 2.41. The minimum absolute atomic E-state index is 0. The molecule has 11 nitrogen and oxygen atoms in total. The summed E-state index contributed by atoms with van der Waals surface area (Å²) in [6.07, 6.45) is 2.56. The summed E-state index contributed by atoms with van der Waals surface area (Å²) in [5, 5.41) is 4.79. The Morgan fingerprint density at radius 1 is 1.12 bits per heavy atom. The predicted octanol–water partition coefficient (Wildman–Crippen LogP) is 5.67. The third-order valence-corrected chi connectivity index (χ3v) is 9.74. The number of anilines is 2. The van der Waals surface area contributed by atoms with Gasteiger partial charge in [0.15, 0.2) is 0 Å². The number of nitrogens with one attached hydrogen (secondary N) is 1. The summed E-state index contributed by atoms with van der Waals surface area (Å²) < 4.78 is 31.5. The van der Waals surface area contributed by atoms with Crippen molar-refractivity contribution in [1.29, 1.82) is 0 Å².